The maximum Gasteiger partial charge on any atom is 0.212 e. The van der Waals surface area contributed by atoms with E-state index in [4.69, 9.17) is 0 Å². The van der Waals surface area contributed by atoms with E-state index in [0.29, 0.717) is 22.2 Å². The van der Waals surface area contributed by atoms with Gasteiger partial charge in [0.25, 0.3) is 0 Å². The molecular formula is C28H40N+. The van der Waals surface area contributed by atoms with Gasteiger partial charge >= 0.3 is 0 Å². The van der Waals surface area contributed by atoms with Crippen LogP contribution in [-0.2, 0) is 12.5 Å². The fourth-order valence-corrected chi connectivity index (χ4v) is 6.74. The number of rotatable bonds is 3. The van der Waals surface area contributed by atoms with E-state index in [2.05, 4.69) is 89.7 Å². The lowest BCUT2D eigenvalue weighted by molar-refractivity contribution is -0.661. The fraction of sp³-hybridized carbons (Fsp3) is 0.607. The molecule has 2 aliphatic rings. The highest BCUT2D eigenvalue weighted by Gasteiger charge is 2.48. The second-order valence-corrected chi connectivity index (χ2v) is 11.7. The number of aromatic nitrogens is 1. The summed E-state index contributed by atoms with van der Waals surface area (Å²) >= 11 is 0. The molecule has 0 spiro atoms. The van der Waals surface area contributed by atoms with E-state index in [9.17, 15) is 0 Å². The highest BCUT2D eigenvalue weighted by molar-refractivity contribution is 5.62. The van der Waals surface area contributed by atoms with E-state index in [1.807, 2.05) is 0 Å². The van der Waals surface area contributed by atoms with Crippen LogP contribution in [0.5, 0.6) is 0 Å². The maximum atomic E-state index is 2.46. The van der Waals surface area contributed by atoms with Crippen LogP contribution in [0.3, 0.4) is 0 Å². The van der Waals surface area contributed by atoms with Crippen LogP contribution in [0, 0.1) is 17.8 Å². The van der Waals surface area contributed by atoms with Crippen molar-refractivity contribution in [1.82, 2.24) is 0 Å². The zero-order chi connectivity index (χ0) is 21.0. The highest BCUT2D eigenvalue weighted by Crippen LogP contribution is 2.58. The summed E-state index contributed by atoms with van der Waals surface area (Å²) in [5.74, 6) is 0.612. The standard InChI is InChI=1S/C28H40N/c1-20-18-22(28(6)14-8-9-15-28)11-12-23(20)24-13-10-21(19-29(24)7)25-26(2,3)16-17-27(25,4)5/h10-13,18-19,25H,8-9,14-17H2,1-7H3/q+1. The molecule has 0 radical (unpaired) electrons. The first-order valence-corrected chi connectivity index (χ1v) is 11.6. The number of pyridine rings is 1. The number of hydrogen-bond donors (Lipinski definition) is 0. The van der Waals surface area contributed by atoms with Gasteiger partial charge in [0.15, 0.2) is 6.20 Å². The number of hydrogen-bond acceptors (Lipinski definition) is 0. The molecule has 1 aromatic heterocycles. The van der Waals surface area contributed by atoms with Gasteiger partial charge in [-0.15, -0.1) is 0 Å². The fourth-order valence-electron chi connectivity index (χ4n) is 6.74. The van der Waals surface area contributed by atoms with Crippen molar-refractivity contribution < 1.29 is 4.57 Å². The van der Waals surface area contributed by atoms with Crippen molar-refractivity contribution in [3.8, 4) is 11.3 Å². The molecule has 29 heavy (non-hydrogen) atoms. The summed E-state index contributed by atoms with van der Waals surface area (Å²) in [6, 6.07) is 12.0. The lowest BCUT2D eigenvalue weighted by Crippen LogP contribution is -2.34. The molecule has 1 nitrogen and oxygen atoms in total. The summed E-state index contributed by atoms with van der Waals surface area (Å²) < 4.78 is 2.36. The third-order valence-corrected chi connectivity index (χ3v) is 8.37. The van der Waals surface area contributed by atoms with Crippen molar-refractivity contribution in [2.24, 2.45) is 17.9 Å². The lowest BCUT2D eigenvalue weighted by Gasteiger charge is -2.35. The number of benzene rings is 1. The SMILES string of the molecule is Cc1cc(C2(C)CCCC2)ccc1-c1ccc(C2C(C)(C)CCC2(C)C)c[n+]1C. The van der Waals surface area contributed by atoms with Crippen molar-refractivity contribution in [3.05, 3.63) is 53.2 Å². The van der Waals surface area contributed by atoms with Gasteiger partial charge in [-0.25, -0.2) is 4.57 Å². The zero-order valence-corrected chi connectivity index (χ0v) is 19.7. The molecule has 2 fully saturated rings. The van der Waals surface area contributed by atoms with Crippen LogP contribution < -0.4 is 4.57 Å². The van der Waals surface area contributed by atoms with Crippen LogP contribution >= 0.6 is 0 Å². The van der Waals surface area contributed by atoms with Crippen LogP contribution in [0.25, 0.3) is 11.3 Å². The van der Waals surface area contributed by atoms with Gasteiger partial charge in [0.1, 0.15) is 7.05 Å². The Hall–Kier alpha value is -1.63. The molecule has 0 bridgehead atoms. The van der Waals surface area contributed by atoms with Crippen LogP contribution in [0.1, 0.15) is 95.8 Å². The minimum absolute atomic E-state index is 0.367. The number of aryl methyl sites for hydroxylation is 2. The topological polar surface area (TPSA) is 3.88 Å². The monoisotopic (exact) mass is 390 g/mol. The Morgan fingerprint density at radius 1 is 0.828 bits per heavy atom. The molecule has 1 heteroatoms. The third-order valence-electron chi connectivity index (χ3n) is 8.37. The van der Waals surface area contributed by atoms with Crippen molar-refractivity contribution in [1.29, 1.82) is 0 Å². The average molecular weight is 391 g/mol. The molecule has 4 rings (SSSR count). The molecule has 156 valence electrons. The van der Waals surface area contributed by atoms with Crippen molar-refractivity contribution >= 4 is 0 Å². The molecule has 1 aromatic carbocycles. The molecule has 0 aliphatic heterocycles. The van der Waals surface area contributed by atoms with E-state index >= 15 is 0 Å². The highest BCUT2D eigenvalue weighted by atomic mass is 14.9. The van der Waals surface area contributed by atoms with E-state index in [0.717, 1.165) is 0 Å². The summed E-state index contributed by atoms with van der Waals surface area (Å²) in [7, 11) is 2.22. The van der Waals surface area contributed by atoms with Crippen LogP contribution in [0.4, 0.5) is 0 Å². The molecule has 0 atom stereocenters. The minimum Gasteiger partial charge on any atom is -0.201 e. The molecule has 1 heterocycles. The molecule has 2 aliphatic carbocycles. The predicted molar refractivity (Wildman–Crippen MR) is 123 cm³/mol. The van der Waals surface area contributed by atoms with E-state index < -0.39 is 0 Å². The van der Waals surface area contributed by atoms with Gasteiger partial charge in [0, 0.05) is 17.2 Å². The molecule has 2 aromatic rings. The molecule has 0 unspecified atom stereocenters. The second-order valence-electron chi connectivity index (χ2n) is 11.7. The van der Waals surface area contributed by atoms with Gasteiger partial charge < -0.3 is 0 Å². The van der Waals surface area contributed by atoms with Crippen LogP contribution in [0.15, 0.2) is 36.5 Å². The Morgan fingerprint density at radius 3 is 2.00 bits per heavy atom. The van der Waals surface area contributed by atoms with E-state index in [1.165, 1.54) is 66.5 Å². The van der Waals surface area contributed by atoms with Gasteiger partial charge in [-0.05, 0) is 78.0 Å². The van der Waals surface area contributed by atoms with Crippen LogP contribution in [0.2, 0.25) is 0 Å². The first-order chi connectivity index (χ1) is 13.5. The molecule has 0 saturated heterocycles. The summed E-state index contributed by atoms with van der Waals surface area (Å²) in [6.45, 7) is 14.5. The Morgan fingerprint density at radius 2 is 1.45 bits per heavy atom. The Kier molecular flexibility index (Phi) is 4.95. The molecule has 0 amide bonds. The van der Waals surface area contributed by atoms with Crippen LogP contribution in [-0.4, -0.2) is 0 Å². The second kappa shape index (κ2) is 6.96. The molecule has 2 saturated carbocycles. The zero-order valence-electron chi connectivity index (χ0n) is 19.7. The molecule has 0 N–H and O–H groups in total. The Bertz CT molecular complexity index is 896. The third kappa shape index (κ3) is 3.56. The number of nitrogens with zero attached hydrogens (tertiary/aromatic N) is 1. The normalized spacial score (nSPS) is 22.9. The van der Waals surface area contributed by atoms with E-state index in [1.54, 1.807) is 0 Å². The van der Waals surface area contributed by atoms with E-state index in [-0.39, 0.29) is 0 Å². The van der Waals surface area contributed by atoms with Gasteiger partial charge in [-0.3, -0.25) is 0 Å². The van der Waals surface area contributed by atoms with Crippen molar-refractivity contribution in [2.45, 2.75) is 91.4 Å². The smallest absolute Gasteiger partial charge is 0.201 e. The van der Waals surface area contributed by atoms with Crippen molar-refractivity contribution in [2.75, 3.05) is 0 Å². The predicted octanol–water partition coefficient (Wildman–Crippen LogP) is 7.25. The first-order valence-electron chi connectivity index (χ1n) is 11.6. The first kappa shape index (κ1) is 20.6. The maximum absolute atomic E-state index is 2.46. The van der Waals surface area contributed by atoms with Gasteiger partial charge in [0.05, 0.1) is 0 Å². The summed E-state index contributed by atoms with van der Waals surface area (Å²) in [5.41, 5.74) is 8.24. The summed E-state index contributed by atoms with van der Waals surface area (Å²) in [6.07, 6.45) is 10.5. The van der Waals surface area contributed by atoms with Crippen molar-refractivity contribution in [3.63, 3.8) is 0 Å². The largest absolute Gasteiger partial charge is 0.212 e. The quantitative estimate of drug-likeness (QED) is 0.486. The van der Waals surface area contributed by atoms with Gasteiger partial charge in [0.2, 0.25) is 5.69 Å². The Labute approximate surface area is 178 Å². The molecular weight excluding hydrogens is 350 g/mol. The summed E-state index contributed by atoms with van der Waals surface area (Å²) in [4.78, 5) is 0. The van der Waals surface area contributed by atoms with Gasteiger partial charge in [-0.1, -0.05) is 59.6 Å². The van der Waals surface area contributed by atoms with Gasteiger partial charge in [-0.2, -0.15) is 0 Å². The Balaban J connectivity index is 1.69. The average Bonchev–Trinajstić information content (AvgIpc) is 3.17. The minimum atomic E-state index is 0.367. The lowest BCUT2D eigenvalue weighted by atomic mass is 9.69. The summed E-state index contributed by atoms with van der Waals surface area (Å²) in [5, 5.41) is 0.